The standard InChI is InChI=1S/C14H24N4O2S/c1-3-6-15-11-9-12(17-13(16-11)21-2)18-14(10-19)4-7-20-8-5-14/h9,19H,3-8,10H2,1-2H3,(H2,15,16,17,18). The first-order valence-corrected chi connectivity index (χ1v) is 8.57. The van der Waals surface area contributed by atoms with E-state index in [1.165, 1.54) is 11.8 Å². The molecule has 3 N–H and O–H groups in total. The summed E-state index contributed by atoms with van der Waals surface area (Å²) in [7, 11) is 0. The molecule has 2 heterocycles. The van der Waals surface area contributed by atoms with Gasteiger partial charge < -0.3 is 20.5 Å². The summed E-state index contributed by atoms with van der Waals surface area (Å²) in [6.07, 6.45) is 4.55. The normalized spacial score (nSPS) is 17.5. The molecule has 1 fully saturated rings. The Kier molecular flexibility index (Phi) is 6.08. The first kappa shape index (κ1) is 16.3. The minimum atomic E-state index is -0.343. The molecule has 0 aromatic carbocycles. The predicted molar refractivity (Wildman–Crippen MR) is 86.1 cm³/mol. The number of aliphatic hydroxyl groups excluding tert-OH is 1. The maximum Gasteiger partial charge on any atom is 0.191 e. The topological polar surface area (TPSA) is 79.3 Å². The van der Waals surface area contributed by atoms with Crippen LogP contribution in [0.4, 0.5) is 11.6 Å². The molecule has 0 atom stereocenters. The lowest BCUT2D eigenvalue weighted by Gasteiger charge is -2.36. The van der Waals surface area contributed by atoms with Gasteiger partial charge in [0.1, 0.15) is 11.6 Å². The van der Waals surface area contributed by atoms with Crippen LogP contribution in [-0.2, 0) is 4.74 Å². The fourth-order valence-electron chi connectivity index (χ4n) is 2.28. The van der Waals surface area contributed by atoms with Crippen LogP contribution >= 0.6 is 11.8 Å². The number of nitrogens with one attached hydrogen (secondary N) is 2. The number of hydrogen-bond donors (Lipinski definition) is 3. The van der Waals surface area contributed by atoms with E-state index in [1.807, 2.05) is 12.3 Å². The van der Waals surface area contributed by atoms with Gasteiger partial charge in [-0.1, -0.05) is 18.7 Å². The summed E-state index contributed by atoms with van der Waals surface area (Å²) in [5.74, 6) is 1.57. The molecule has 0 unspecified atom stereocenters. The molecule has 7 heteroatoms. The van der Waals surface area contributed by atoms with Crippen LogP contribution in [0, 0.1) is 0 Å². The van der Waals surface area contributed by atoms with Gasteiger partial charge in [0.2, 0.25) is 0 Å². The van der Waals surface area contributed by atoms with Crippen LogP contribution in [0.15, 0.2) is 11.2 Å². The van der Waals surface area contributed by atoms with Crippen molar-refractivity contribution in [1.29, 1.82) is 0 Å². The summed E-state index contributed by atoms with van der Waals surface area (Å²) in [4.78, 5) is 8.94. The third-order valence-electron chi connectivity index (χ3n) is 3.59. The van der Waals surface area contributed by atoms with Gasteiger partial charge in [0.15, 0.2) is 5.16 Å². The molecule has 0 bridgehead atoms. The van der Waals surface area contributed by atoms with Crippen LogP contribution < -0.4 is 10.6 Å². The van der Waals surface area contributed by atoms with E-state index in [9.17, 15) is 5.11 Å². The Morgan fingerprint density at radius 1 is 1.33 bits per heavy atom. The maximum absolute atomic E-state index is 9.76. The SMILES string of the molecule is CCCNc1cc(NC2(CO)CCOCC2)nc(SC)n1. The minimum absolute atomic E-state index is 0.0761. The zero-order chi connectivity index (χ0) is 15.1. The number of anilines is 2. The molecule has 0 spiro atoms. The quantitative estimate of drug-likeness (QED) is 0.525. The first-order chi connectivity index (χ1) is 10.2. The predicted octanol–water partition coefficient (Wildman–Crippen LogP) is 1.97. The van der Waals surface area contributed by atoms with Crippen molar-refractivity contribution in [3.63, 3.8) is 0 Å². The molecule has 1 saturated heterocycles. The summed E-state index contributed by atoms with van der Waals surface area (Å²) < 4.78 is 5.39. The zero-order valence-corrected chi connectivity index (χ0v) is 13.5. The van der Waals surface area contributed by atoms with Gasteiger partial charge in [-0.15, -0.1) is 0 Å². The van der Waals surface area contributed by atoms with Gasteiger partial charge in [0, 0.05) is 25.8 Å². The molecule has 0 aliphatic carbocycles. The number of nitrogens with zero attached hydrogens (tertiary/aromatic N) is 2. The smallest absolute Gasteiger partial charge is 0.191 e. The van der Waals surface area contributed by atoms with Crippen LogP contribution in [0.3, 0.4) is 0 Å². The molecule has 1 aliphatic heterocycles. The highest BCUT2D eigenvalue weighted by Crippen LogP contribution is 2.26. The van der Waals surface area contributed by atoms with Crippen LogP contribution in [0.2, 0.25) is 0 Å². The van der Waals surface area contributed by atoms with E-state index in [0.29, 0.717) is 13.2 Å². The summed E-state index contributed by atoms with van der Waals surface area (Å²) in [5, 5.41) is 17.2. The lowest BCUT2D eigenvalue weighted by molar-refractivity contribution is 0.0378. The monoisotopic (exact) mass is 312 g/mol. The van der Waals surface area contributed by atoms with Gasteiger partial charge in [-0.25, -0.2) is 9.97 Å². The molecular weight excluding hydrogens is 288 g/mol. The van der Waals surface area contributed by atoms with E-state index < -0.39 is 0 Å². The minimum Gasteiger partial charge on any atom is -0.394 e. The first-order valence-electron chi connectivity index (χ1n) is 7.35. The molecular formula is C14H24N4O2S. The van der Waals surface area contributed by atoms with E-state index in [2.05, 4.69) is 27.5 Å². The van der Waals surface area contributed by atoms with Crippen molar-refractivity contribution in [2.45, 2.75) is 36.9 Å². The van der Waals surface area contributed by atoms with E-state index in [4.69, 9.17) is 4.74 Å². The van der Waals surface area contributed by atoms with Crippen LogP contribution in [0.25, 0.3) is 0 Å². The average molecular weight is 312 g/mol. The fraction of sp³-hybridized carbons (Fsp3) is 0.714. The van der Waals surface area contributed by atoms with E-state index >= 15 is 0 Å². The number of thioether (sulfide) groups is 1. The number of hydrogen-bond acceptors (Lipinski definition) is 7. The number of rotatable bonds is 7. The van der Waals surface area contributed by atoms with Crippen molar-refractivity contribution >= 4 is 23.4 Å². The third kappa shape index (κ3) is 4.46. The summed E-state index contributed by atoms with van der Waals surface area (Å²) in [6, 6.07) is 1.91. The Balaban J connectivity index is 2.16. The number of ether oxygens (including phenoxy) is 1. The molecule has 118 valence electrons. The summed E-state index contributed by atoms with van der Waals surface area (Å²) >= 11 is 1.51. The van der Waals surface area contributed by atoms with E-state index in [-0.39, 0.29) is 12.1 Å². The Morgan fingerprint density at radius 3 is 2.67 bits per heavy atom. The Morgan fingerprint density at radius 2 is 2.05 bits per heavy atom. The van der Waals surface area contributed by atoms with Crippen LogP contribution in [0.5, 0.6) is 0 Å². The Labute approximate surface area is 130 Å². The Hall–Kier alpha value is -1.05. The summed E-state index contributed by atoms with van der Waals surface area (Å²) in [5.41, 5.74) is -0.343. The van der Waals surface area contributed by atoms with Gasteiger partial charge in [-0.2, -0.15) is 0 Å². The largest absolute Gasteiger partial charge is 0.394 e. The van der Waals surface area contributed by atoms with Gasteiger partial charge in [-0.3, -0.25) is 0 Å². The highest BCUT2D eigenvalue weighted by molar-refractivity contribution is 7.98. The molecule has 6 nitrogen and oxygen atoms in total. The van der Waals surface area contributed by atoms with Gasteiger partial charge >= 0.3 is 0 Å². The highest BCUT2D eigenvalue weighted by atomic mass is 32.2. The van der Waals surface area contributed by atoms with Crippen molar-refractivity contribution in [2.75, 3.05) is 43.3 Å². The van der Waals surface area contributed by atoms with Crippen LogP contribution in [-0.4, -0.2) is 53.2 Å². The van der Waals surface area contributed by atoms with Crippen molar-refractivity contribution in [1.82, 2.24) is 9.97 Å². The molecule has 1 aromatic heterocycles. The number of aliphatic hydroxyl groups is 1. The van der Waals surface area contributed by atoms with Gasteiger partial charge in [-0.05, 0) is 25.5 Å². The van der Waals surface area contributed by atoms with Crippen molar-refractivity contribution in [2.24, 2.45) is 0 Å². The highest BCUT2D eigenvalue weighted by Gasteiger charge is 2.32. The zero-order valence-electron chi connectivity index (χ0n) is 12.7. The second-order valence-corrected chi connectivity index (χ2v) is 6.00. The second kappa shape index (κ2) is 7.82. The van der Waals surface area contributed by atoms with Crippen LogP contribution in [0.1, 0.15) is 26.2 Å². The number of aromatic nitrogens is 2. The lowest BCUT2D eigenvalue weighted by Crippen LogP contribution is -2.47. The average Bonchev–Trinajstić information content (AvgIpc) is 2.53. The molecule has 1 aliphatic rings. The van der Waals surface area contributed by atoms with E-state index in [0.717, 1.165) is 42.6 Å². The molecule has 2 rings (SSSR count). The van der Waals surface area contributed by atoms with Gasteiger partial charge in [0.25, 0.3) is 0 Å². The summed E-state index contributed by atoms with van der Waals surface area (Å²) in [6.45, 7) is 4.39. The molecule has 1 aromatic rings. The van der Waals surface area contributed by atoms with Crippen molar-refractivity contribution < 1.29 is 9.84 Å². The molecule has 0 radical (unpaired) electrons. The van der Waals surface area contributed by atoms with Gasteiger partial charge in [0.05, 0.1) is 12.1 Å². The second-order valence-electron chi connectivity index (χ2n) is 5.23. The Bertz CT molecular complexity index is 453. The third-order valence-corrected chi connectivity index (χ3v) is 4.14. The maximum atomic E-state index is 9.76. The fourth-order valence-corrected chi connectivity index (χ4v) is 2.66. The van der Waals surface area contributed by atoms with Crippen molar-refractivity contribution in [3.05, 3.63) is 6.07 Å². The molecule has 21 heavy (non-hydrogen) atoms. The van der Waals surface area contributed by atoms with E-state index in [1.54, 1.807) is 0 Å². The molecule has 0 amide bonds. The van der Waals surface area contributed by atoms with Crippen molar-refractivity contribution in [3.8, 4) is 0 Å². The molecule has 0 saturated carbocycles. The lowest BCUT2D eigenvalue weighted by atomic mass is 9.91.